The first-order valence-corrected chi connectivity index (χ1v) is 6.44. The lowest BCUT2D eigenvalue weighted by Gasteiger charge is -2.20. The fourth-order valence-electron chi connectivity index (χ4n) is 2.48. The average molecular weight is 259 g/mol. The van der Waals surface area contributed by atoms with E-state index in [0.717, 1.165) is 6.42 Å². The molecule has 0 saturated carbocycles. The molecular formula is C13H22FNO3. The topological polar surface area (TPSA) is 57.6 Å². The Morgan fingerprint density at radius 3 is 2.44 bits per heavy atom. The quantitative estimate of drug-likeness (QED) is 0.822. The molecule has 4 nitrogen and oxygen atoms in total. The number of amides is 1. The molecule has 1 fully saturated rings. The zero-order chi connectivity index (χ0) is 13.9. The first kappa shape index (κ1) is 14.9. The van der Waals surface area contributed by atoms with Gasteiger partial charge in [0.15, 0.2) is 0 Å². The molecule has 2 atom stereocenters. The molecule has 0 aliphatic carbocycles. The molecule has 1 amide bonds. The average Bonchev–Trinajstić information content (AvgIpc) is 2.61. The van der Waals surface area contributed by atoms with Crippen molar-refractivity contribution in [3.63, 3.8) is 0 Å². The van der Waals surface area contributed by atoms with Crippen LogP contribution >= 0.6 is 0 Å². The number of rotatable bonds is 5. The second-order valence-electron chi connectivity index (χ2n) is 5.77. The Hall–Kier alpha value is -1.13. The summed E-state index contributed by atoms with van der Waals surface area (Å²) in [5, 5.41) is 8.76. The Morgan fingerprint density at radius 2 is 2.00 bits per heavy atom. The van der Waals surface area contributed by atoms with Crippen molar-refractivity contribution in [2.24, 2.45) is 11.8 Å². The van der Waals surface area contributed by atoms with E-state index < -0.39 is 11.6 Å². The van der Waals surface area contributed by atoms with Gasteiger partial charge in [-0.05, 0) is 18.3 Å². The van der Waals surface area contributed by atoms with E-state index in [4.69, 9.17) is 5.11 Å². The molecule has 0 aromatic carbocycles. The third kappa shape index (κ3) is 3.68. The zero-order valence-electron chi connectivity index (χ0n) is 11.3. The Bertz CT molecular complexity index is 332. The summed E-state index contributed by atoms with van der Waals surface area (Å²) >= 11 is 0. The van der Waals surface area contributed by atoms with Crippen LogP contribution < -0.4 is 0 Å². The van der Waals surface area contributed by atoms with Crippen molar-refractivity contribution in [2.45, 2.75) is 45.7 Å². The molecule has 18 heavy (non-hydrogen) atoms. The monoisotopic (exact) mass is 259 g/mol. The van der Waals surface area contributed by atoms with Gasteiger partial charge in [-0.2, -0.15) is 0 Å². The van der Waals surface area contributed by atoms with Gasteiger partial charge in [0.2, 0.25) is 11.6 Å². The van der Waals surface area contributed by atoms with Gasteiger partial charge in [0.05, 0.1) is 6.54 Å². The molecular weight excluding hydrogens is 237 g/mol. The number of hydrogen-bond acceptors (Lipinski definition) is 2. The molecule has 1 saturated heterocycles. The van der Waals surface area contributed by atoms with E-state index in [9.17, 15) is 14.0 Å². The lowest BCUT2D eigenvalue weighted by Crippen LogP contribution is -2.39. The standard InChI is InChI=1S/C13H22FNO3/c1-9(2)6-10(3)7-11(16)15-5-4-13(14,8-15)12(17)18/h9-10H,4-8H2,1-3H3,(H,17,18). The fourth-order valence-corrected chi connectivity index (χ4v) is 2.48. The van der Waals surface area contributed by atoms with Gasteiger partial charge in [-0.1, -0.05) is 20.8 Å². The Kier molecular flexibility index (Phi) is 4.71. The van der Waals surface area contributed by atoms with E-state index in [0.29, 0.717) is 12.3 Å². The lowest BCUT2D eigenvalue weighted by atomic mass is 9.95. The highest BCUT2D eigenvalue weighted by molar-refractivity contribution is 5.82. The van der Waals surface area contributed by atoms with Crippen LogP contribution in [0.2, 0.25) is 0 Å². The molecule has 1 heterocycles. The molecule has 5 heteroatoms. The number of hydrogen-bond donors (Lipinski definition) is 1. The molecule has 104 valence electrons. The van der Waals surface area contributed by atoms with Crippen molar-refractivity contribution in [3.8, 4) is 0 Å². The van der Waals surface area contributed by atoms with Gasteiger partial charge < -0.3 is 10.0 Å². The van der Waals surface area contributed by atoms with Crippen LogP contribution in [0, 0.1) is 11.8 Å². The second kappa shape index (κ2) is 5.67. The maximum Gasteiger partial charge on any atom is 0.343 e. The van der Waals surface area contributed by atoms with Gasteiger partial charge >= 0.3 is 5.97 Å². The van der Waals surface area contributed by atoms with E-state index in [2.05, 4.69) is 13.8 Å². The Morgan fingerprint density at radius 1 is 1.39 bits per heavy atom. The maximum atomic E-state index is 13.8. The van der Waals surface area contributed by atoms with Gasteiger partial charge in [0.1, 0.15) is 0 Å². The third-order valence-electron chi connectivity index (χ3n) is 3.35. The number of carbonyl (C=O) groups excluding carboxylic acids is 1. The summed E-state index contributed by atoms with van der Waals surface area (Å²) in [6, 6.07) is 0. The smallest absolute Gasteiger partial charge is 0.343 e. The Labute approximate surface area is 107 Å². The van der Waals surface area contributed by atoms with E-state index in [1.54, 1.807) is 0 Å². The molecule has 0 aromatic rings. The number of nitrogens with zero attached hydrogens (tertiary/aromatic N) is 1. The van der Waals surface area contributed by atoms with Crippen LogP contribution in [0.4, 0.5) is 4.39 Å². The predicted molar refractivity (Wildman–Crippen MR) is 65.9 cm³/mol. The molecule has 0 spiro atoms. The van der Waals surface area contributed by atoms with E-state index in [-0.39, 0.29) is 31.3 Å². The number of alkyl halides is 1. The van der Waals surface area contributed by atoms with Crippen LogP contribution in [0.1, 0.15) is 40.0 Å². The summed E-state index contributed by atoms with van der Waals surface area (Å²) in [5.74, 6) is -0.834. The van der Waals surface area contributed by atoms with Crippen LogP contribution in [0.15, 0.2) is 0 Å². The van der Waals surface area contributed by atoms with E-state index in [1.165, 1.54) is 4.90 Å². The van der Waals surface area contributed by atoms with E-state index in [1.807, 2.05) is 6.92 Å². The van der Waals surface area contributed by atoms with Crippen LogP contribution in [-0.2, 0) is 9.59 Å². The number of carbonyl (C=O) groups is 2. The van der Waals surface area contributed by atoms with Gasteiger partial charge in [0, 0.05) is 19.4 Å². The fraction of sp³-hybridized carbons (Fsp3) is 0.846. The number of likely N-dealkylation sites (tertiary alicyclic amines) is 1. The summed E-state index contributed by atoms with van der Waals surface area (Å²) in [7, 11) is 0. The SMILES string of the molecule is CC(C)CC(C)CC(=O)N1CCC(F)(C(=O)O)C1. The molecule has 2 unspecified atom stereocenters. The summed E-state index contributed by atoms with van der Waals surface area (Å²) in [6.45, 7) is 6.07. The van der Waals surface area contributed by atoms with Crippen LogP contribution in [0.25, 0.3) is 0 Å². The molecule has 1 rings (SSSR count). The molecule has 1 N–H and O–H groups in total. The molecule has 0 radical (unpaired) electrons. The number of halogens is 1. The van der Waals surface area contributed by atoms with Crippen molar-refractivity contribution in [2.75, 3.05) is 13.1 Å². The second-order valence-corrected chi connectivity index (χ2v) is 5.77. The molecule has 0 aromatic heterocycles. The highest BCUT2D eigenvalue weighted by Crippen LogP contribution is 2.27. The minimum atomic E-state index is -2.25. The summed E-state index contributed by atoms with van der Waals surface area (Å²) in [5.41, 5.74) is -2.25. The van der Waals surface area contributed by atoms with Crippen LogP contribution in [0.3, 0.4) is 0 Å². The van der Waals surface area contributed by atoms with Crippen molar-refractivity contribution in [3.05, 3.63) is 0 Å². The van der Waals surface area contributed by atoms with E-state index >= 15 is 0 Å². The van der Waals surface area contributed by atoms with Gasteiger partial charge in [-0.3, -0.25) is 4.79 Å². The highest BCUT2D eigenvalue weighted by atomic mass is 19.1. The predicted octanol–water partition coefficient (Wildman–Crippen LogP) is 2.08. The lowest BCUT2D eigenvalue weighted by molar-refractivity contribution is -0.150. The van der Waals surface area contributed by atoms with Crippen LogP contribution in [0.5, 0.6) is 0 Å². The summed E-state index contributed by atoms with van der Waals surface area (Å²) in [4.78, 5) is 24.0. The van der Waals surface area contributed by atoms with Gasteiger partial charge in [-0.15, -0.1) is 0 Å². The number of aliphatic carboxylic acids is 1. The van der Waals surface area contributed by atoms with Crippen LogP contribution in [-0.4, -0.2) is 40.6 Å². The largest absolute Gasteiger partial charge is 0.479 e. The minimum absolute atomic E-state index is 0.105. The number of carboxylic acid groups (broad SMARTS) is 1. The maximum absolute atomic E-state index is 13.8. The highest BCUT2D eigenvalue weighted by Gasteiger charge is 2.46. The normalized spacial score (nSPS) is 25.5. The van der Waals surface area contributed by atoms with Gasteiger partial charge in [0.25, 0.3) is 0 Å². The number of carboxylic acids is 1. The van der Waals surface area contributed by atoms with Gasteiger partial charge in [-0.25, -0.2) is 9.18 Å². The zero-order valence-corrected chi connectivity index (χ0v) is 11.3. The molecule has 1 aliphatic rings. The third-order valence-corrected chi connectivity index (χ3v) is 3.35. The first-order chi connectivity index (χ1) is 8.24. The molecule has 1 aliphatic heterocycles. The van der Waals surface area contributed by atoms with Crippen molar-refractivity contribution in [1.29, 1.82) is 0 Å². The summed E-state index contributed by atoms with van der Waals surface area (Å²) in [6.07, 6.45) is 1.21. The van der Waals surface area contributed by atoms with Crippen molar-refractivity contribution >= 4 is 11.9 Å². The summed E-state index contributed by atoms with van der Waals surface area (Å²) < 4.78 is 13.8. The van der Waals surface area contributed by atoms with Crippen molar-refractivity contribution < 1.29 is 19.1 Å². The first-order valence-electron chi connectivity index (χ1n) is 6.44. The minimum Gasteiger partial charge on any atom is -0.479 e. The molecule has 0 bridgehead atoms. The van der Waals surface area contributed by atoms with Crippen molar-refractivity contribution in [1.82, 2.24) is 4.90 Å². The Balaban J connectivity index is 2.48.